The number of carbonyl (C=O) groups is 1. The number of hydrogen-bond acceptors (Lipinski definition) is 3. The number of nitrogens with one attached hydrogen (secondary N) is 1. The van der Waals surface area contributed by atoms with E-state index in [4.69, 9.17) is 17.3 Å². The van der Waals surface area contributed by atoms with Crippen molar-refractivity contribution in [3.8, 4) is 0 Å². The van der Waals surface area contributed by atoms with Gasteiger partial charge in [0, 0.05) is 18.1 Å². The molecule has 4 nitrogen and oxygen atoms in total. The van der Waals surface area contributed by atoms with Gasteiger partial charge in [0.05, 0.1) is 17.9 Å². The molecular formula is C16H16ClN3O. The molecule has 1 amide bonds. The summed E-state index contributed by atoms with van der Waals surface area (Å²) in [7, 11) is 0. The number of benzene rings is 2. The van der Waals surface area contributed by atoms with Crippen LogP contribution in [0, 0.1) is 0 Å². The van der Waals surface area contributed by atoms with E-state index in [-0.39, 0.29) is 5.91 Å². The van der Waals surface area contributed by atoms with E-state index in [9.17, 15) is 4.79 Å². The molecule has 1 heterocycles. The van der Waals surface area contributed by atoms with Gasteiger partial charge in [-0.1, -0.05) is 35.9 Å². The number of amides is 1. The molecule has 1 aliphatic heterocycles. The Kier molecular flexibility index (Phi) is 3.82. The molecule has 0 aromatic heterocycles. The Morgan fingerprint density at radius 2 is 1.86 bits per heavy atom. The molecule has 0 aliphatic carbocycles. The van der Waals surface area contributed by atoms with Crippen molar-refractivity contribution in [2.24, 2.45) is 0 Å². The highest BCUT2D eigenvalue weighted by Gasteiger charge is 2.20. The van der Waals surface area contributed by atoms with Crippen molar-refractivity contribution in [3.63, 3.8) is 0 Å². The minimum absolute atomic E-state index is 0.0724. The van der Waals surface area contributed by atoms with Gasteiger partial charge < -0.3 is 11.1 Å². The first-order chi connectivity index (χ1) is 10.1. The SMILES string of the molecule is Nc1cc(Cl)ccc1NC(=O)CN1Cc2ccccc2C1. The molecule has 0 atom stereocenters. The van der Waals surface area contributed by atoms with E-state index in [1.807, 2.05) is 12.1 Å². The number of carbonyl (C=O) groups excluding carboxylic acids is 1. The lowest BCUT2D eigenvalue weighted by Crippen LogP contribution is -2.29. The molecule has 0 saturated heterocycles. The second-order valence-corrected chi connectivity index (χ2v) is 5.63. The maximum atomic E-state index is 12.1. The minimum Gasteiger partial charge on any atom is -0.397 e. The summed E-state index contributed by atoms with van der Waals surface area (Å²) in [4.78, 5) is 14.2. The number of rotatable bonds is 3. The number of nitrogens with zero attached hydrogens (tertiary/aromatic N) is 1. The van der Waals surface area contributed by atoms with Gasteiger partial charge in [-0.05, 0) is 29.3 Å². The van der Waals surface area contributed by atoms with Crippen LogP contribution in [-0.2, 0) is 17.9 Å². The van der Waals surface area contributed by atoms with Crippen LogP contribution in [0.2, 0.25) is 5.02 Å². The van der Waals surface area contributed by atoms with Crippen LogP contribution in [0.3, 0.4) is 0 Å². The zero-order valence-electron chi connectivity index (χ0n) is 11.5. The molecule has 0 saturated carbocycles. The monoisotopic (exact) mass is 301 g/mol. The average molecular weight is 302 g/mol. The number of nitrogen functional groups attached to an aromatic ring is 1. The first-order valence-corrected chi connectivity index (χ1v) is 7.13. The number of anilines is 2. The summed E-state index contributed by atoms with van der Waals surface area (Å²) < 4.78 is 0. The Morgan fingerprint density at radius 1 is 1.19 bits per heavy atom. The minimum atomic E-state index is -0.0724. The van der Waals surface area contributed by atoms with Crippen molar-refractivity contribution in [1.29, 1.82) is 0 Å². The summed E-state index contributed by atoms with van der Waals surface area (Å²) in [6, 6.07) is 13.3. The molecule has 2 aromatic rings. The normalized spacial score (nSPS) is 14.0. The molecule has 0 bridgehead atoms. The van der Waals surface area contributed by atoms with Gasteiger partial charge in [-0.15, -0.1) is 0 Å². The maximum Gasteiger partial charge on any atom is 0.238 e. The summed E-state index contributed by atoms with van der Waals surface area (Å²) in [5.74, 6) is -0.0724. The van der Waals surface area contributed by atoms with Crippen molar-refractivity contribution in [3.05, 3.63) is 58.6 Å². The third-order valence-electron chi connectivity index (χ3n) is 3.56. The molecule has 1 aliphatic rings. The highest BCUT2D eigenvalue weighted by Crippen LogP contribution is 2.24. The fourth-order valence-electron chi connectivity index (χ4n) is 2.56. The quantitative estimate of drug-likeness (QED) is 0.857. The summed E-state index contributed by atoms with van der Waals surface area (Å²) >= 11 is 5.84. The number of halogens is 1. The molecule has 21 heavy (non-hydrogen) atoms. The van der Waals surface area contributed by atoms with Crippen LogP contribution in [-0.4, -0.2) is 17.4 Å². The predicted octanol–water partition coefficient (Wildman–Crippen LogP) is 2.88. The van der Waals surface area contributed by atoms with Crippen molar-refractivity contribution in [2.45, 2.75) is 13.1 Å². The van der Waals surface area contributed by atoms with Gasteiger partial charge in [-0.25, -0.2) is 0 Å². The van der Waals surface area contributed by atoms with E-state index < -0.39 is 0 Å². The Morgan fingerprint density at radius 3 is 2.48 bits per heavy atom. The van der Waals surface area contributed by atoms with Crippen molar-refractivity contribution in [2.75, 3.05) is 17.6 Å². The molecule has 0 radical (unpaired) electrons. The van der Waals surface area contributed by atoms with Gasteiger partial charge in [-0.2, -0.15) is 0 Å². The maximum absolute atomic E-state index is 12.1. The Balaban J connectivity index is 1.61. The molecule has 108 valence electrons. The van der Waals surface area contributed by atoms with E-state index in [0.717, 1.165) is 13.1 Å². The highest BCUT2D eigenvalue weighted by molar-refractivity contribution is 6.31. The average Bonchev–Trinajstić information content (AvgIpc) is 2.84. The van der Waals surface area contributed by atoms with Gasteiger partial charge >= 0.3 is 0 Å². The Hall–Kier alpha value is -2.04. The van der Waals surface area contributed by atoms with Crippen LogP contribution in [0.1, 0.15) is 11.1 Å². The number of hydrogen-bond donors (Lipinski definition) is 2. The zero-order valence-corrected chi connectivity index (χ0v) is 12.2. The van der Waals surface area contributed by atoms with E-state index in [1.54, 1.807) is 18.2 Å². The summed E-state index contributed by atoms with van der Waals surface area (Å²) in [6.07, 6.45) is 0. The van der Waals surface area contributed by atoms with Gasteiger partial charge in [-0.3, -0.25) is 9.69 Å². The van der Waals surface area contributed by atoms with Crippen molar-refractivity contribution >= 4 is 28.9 Å². The smallest absolute Gasteiger partial charge is 0.238 e. The van der Waals surface area contributed by atoms with Crippen molar-refractivity contribution < 1.29 is 4.79 Å². The molecule has 5 heteroatoms. The Bertz CT molecular complexity index is 662. The molecule has 0 spiro atoms. The molecular weight excluding hydrogens is 286 g/mol. The second kappa shape index (κ2) is 5.76. The van der Waals surface area contributed by atoms with Crippen LogP contribution in [0.4, 0.5) is 11.4 Å². The fraction of sp³-hybridized carbons (Fsp3) is 0.188. The zero-order chi connectivity index (χ0) is 14.8. The molecule has 0 fully saturated rings. The van der Waals surface area contributed by atoms with Gasteiger partial charge in [0.1, 0.15) is 0 Å². The Labute approximate surface area is 128 Å². The van der Waals surface area contributed by atoms with Crippen LogP contribution in [0.25, 0.3) is 0 Å². The largest absolute Gasteiger partial charge is 0.397 e. The second-order valence-electron chi connectivity index (χ2n) is 5.19. The topological polar surface area (TPSA) is 58.4 Å². The van der Waals surface area contributed by atoms with Gasteiger partial charge in [0.15, 0.2) is 0 Å². The number of fused-ring (bicyclic) bond motifs is 1. The lowest BCUT2D eigenvalue weighted by atomic mass is 10.1. The van der Waals surface area contributed by atoms with Crippen LogP contribution in [0.5, 0.6) is 0 Å². The molecule has 2 aromatic carbocycles. The van der Waals surface area contributed by atoms with Crippen molar-refractivity contribution in [1.82, 2.24) is 4.90 Å². The predicted molar refractivity (Wildman–Crippen MR) is 85.1 cm³/mol. The number of nitrogens with two attached hydrogens (primary N) is 1. The lowest BCUT2D eigenvalue weighted by molar-refractivity contribution is -0.117. The lowest BCUT2D eigenvalue weighted by Gasteiger charge is -2.15. The van der Waals surface area contributed by atoms with Gasteiger partial charge in [0.2, 0.25) is 5.91 Å². The third-order valence-corrected chi connectivity index (χ3v) is 3.80. The first kappa shape index (κ1) is 13.9. The molecule has 0 unspecified atom stereocenters. The highest BCUT2D eigenvalue weighted by atomic mass is 35.5. The van der Waals surface area contributed by atoms with E-state index >= 15 is 0 Å². The summed E-state index contributed by atoms with van der Waals surface area (Å²) in [5, 5.41) is 3.38. The fourth-order valence-corrected chi connectivity index (χ4v) is 2.74. The molecule has 3 N–H and O–H groups in total. The first-order valence-electron chi connectivity index (χ1n) is 6.76. The van der Waals surface area contributed by atoms with E-state index in [2.05, 4.69) is 22.3 Å². The van der Waals surface area contributed by atoms with E-state index in [1.165, 1.54) is 11.1 Å². The summed E-state index contributed by atoms with van der Waals surface area (Å²) in [5.41, 5.74) is 9.48. The summed E-state index contributed by atoms with van der Waals surface area (Å²) in [6.45, 7) is 1.95. The molecule has 3 rings (SSSR count). The standard InChI is InChI=1S/C16H16ClN3O/c17-13-5-6-15(14(18)7-13)19-16(21)10-20-8-11-3-1-2-4-12(11)9-20/h1-7H,8-10,18H2,(H,19,21). The third kappa shape index (κ3) is 3.17. The van der Waals surface area contributed by atoms with E-state index in [0.29, 0.717) is 22.9 Å². The van der Waals surface area contributed by atoms with Crippen LogP contribution in [0.15, 0.2) is 42.5 Å². The van der Waals surface area contributed by atoms with Crippen LogP contribution < -0.4 is 11.1 Å². The van der Waals surface area contributed by atoms with Gasteiger partial charge in [0.25, 0.3) is 0 Å². The van der Waals surface area contributed by atoms with Crippen LogP contribution >= 0.6 is 11.6 Å².